The molecule has 0 unspecified atom stereocenters. The minimum absolute atomic E-state index is 0.0276. The Hall–Kier alpha value is -2.59. The summed E-state index contributed by atoms with van der Waals surface area (Å²) in [7, 11) is -0.723. The van der Waals surface area contributed by atoms with Gasteiger partial charge in [0.25, 0.3) is 10.0 Å². The van der Waals surface area contributed by atoms with Gasteiger partial charge in [-0.3, -0.25) is 4.31 Å². The molecule has 0 saturated heterocycles. The second-order valence-corrected chi connectivity index (χ2v) is 6.13. The molecule has 0 aliphatic carbocycles. The monoisotopic (exact) mass is 303 g/mol. The molecular weight excluding hydrogens is 290 g/mol. The third-order valence-corrected chi connectivity index (χ3v) is 4.71. The SMILES string of the molecule is COc1ccc(N(C)S(=O)(=O)c2ccc(C#N)nc2)cc1. The average molecular weight is 303 g/mol. The summed E-state index contributed by atoms with van der Waals surface area (Å²) in [5, 5.41) is 8.68. The van der Waals surface area contributed by atoms with Crippen molar-refractivity contribution >= 4 is 15.7 Å². The topological polar surface area (TPSA) is 83.3 Å². The first-order chi connectivity index (χ1) is 9.98. The number of hydrogen-bond donors (Lipinski definition) is 0. The number of rotatable bonds is 4. The fourth-order valence-electron chi connectivity index (χ4n) is 1.69. The van der Waals surface area contributed by atoms with E-state index in [0.717, 1.165) is 4.31 Å². The Kier molecular flexibility index (Phi) is 4.10. The summed E-state index contributed by atoms with van der Waals surface area (Å²) in [6.07, 6.45) is 1.17. The van der Waals surface area contributed by atoms with Crippen LogP contribution in [0.4, 0.5) is 5.69 Å². The molecule has 21 heavy (non-hydrogen) atoms. The molecule has 2 rings (SSSR count). The van der Waals surface area contributed by atoms with Crippen LogP contribution >= 0.6 is 0 Å². The van der Waals surface area contributed by atoms with Gasteiger partial charge in [0.1, 0.15) is 22.4 Å². The third-order valence-electron chi connectivity index (χ3n) is 2.95. The number of benzene rings is 1. The van der Waals surface area contributed by atoms with E-state index in [2.05, 4.69) is 4.98 Å². The molecule has 2 aromatic rings. The fraction of sp³-hybridized carbons (Fsp3) is 0.143. The van der Waals surface area contributed by atoms with Gasteiger partial charge in [-0.15, -0.1) is 0 Å². The number of anilines is 1. The van der Waals surface area contributed by atoms with Crippen molar-refractivity contribution in [2.75, 3.05) is 18.5 Å². The van der Waals surface area contributed by atoms with E-state index in [1.54, 1.807) is 24.3 Å². The van der Waals surface area contributed by atoms with Gasteiger partial charge < -0.3 is 4.74 Å². The van der Waals surface area contributed by atoms with Gasteiger partial charge in [0.15, 0.2) is 0 Å². The van der Waals surface area contributed by atoms with Gasteiger partial charge in [-0.2, -0.15) is 5.26 Å². The van der Waals surface area contributed by atoms with Gasteiger partial charge in [0, 0.05) is 13.2 Å². The summed E-state index contributed by atoms with van der Waals surface area (Å²) in [5.74, 6) is 0.643. The van der Waals surface area contributed by atoms with Crippen molar-refractivity contribution < 1.29 is 13.2 Å². The second-order valence-electron chi connectivity index (χ2n) is 4.16. The number of aromatic nitrogens is 1. The second kappa shape index (κ2) is 5.81. The number of ether oxygens (including phenoxy) is 1. The molecule has 1 aromatic heterocycles. The van der Waals surface area contributed by atoms with Crippen molar-refractivity contribution in [2.24, 2.45) is 0 Å². The van der Waals surface area contributed by atoms with Gasteiger partial charge in [-0.25, -0.2) is 13.4 Å². The summed E-state index contributed by atoms with van der Waals surface area (Å²) in [4.78, 5) is 3.81. The van der Waals surface area contributed by atoms with Crippen molar-refractivity contribution in [3.63, 3.8) is 0 Å². The largest absolute Gasteiger partial charge is 0.497 e. The van der Waals surface area contributed by atoms with Crippen LogP contribution in [0.25, 0.3) is 0 Å². The first-order valence-electron chi connectivity index (χ1n) is 5.98. The van der Waals surface area contributed by atoms with Crippen molar-refractivity contribution in [1.29, 1.82) is 5.26 Å². The first kappa shape index (κ1) is 14.8. The van der Waals surface area contributed by atoms with E-state index in [-0.39, 0.29) is 10.6 Å². The lowest BCUT2D eigenvalue weighted by Crippen LogP contribution is -2.26. The van der Waals surface area contributed by atoms with E-state index in [9.17, 15) is 8.42 Å². The van der Waals surface area contributed by atoms with Crippen molar-refractivity contribution in [3.8, 4) is 11.8 Å². The minimum atomic E-state index is -3.72. The highest BCUT2D eigenvalue weighted by molar-refractivity contribution is 7.92. The van der Waals surface area contributed by atoms with Crippen LogP contribution in [-0.2, 0) is 10.0 Å². The molecule has 0 spiro atoms. The smallest absolute Gasteiger partial charge is 0.265 e. The standard InChI is InChI=1S/C14H13N3O3S/c1-17(12-4-6-13(20-2)7-5-12)21(18,19)14-8-3-11(9-15)16-10-14/h3-8,10H,1-2H3. The van der Waals surface area contributed by atoms with E-state index < -0.39 is 10.0 Å². The molecule has 108 valence electrons. The molecule has 0 fully saturated rings. The molecule has 0 aliphatic rings. The summed E-state index contributed by atoms with van der Waals surface area (Å²) in [6, 6.07) is 11.2. The molecule has 0 aliphatic heterocycles. The summed E-state index contributed by atoms with van der Waals surface area (Å²) < 4.78 is 31.1. The Morgan fingerprint density at radius 1 is 1.19 bits per heavy atom. The van der Waals surface area contributed by atoms with Crippen molar-refractivity contribution in [3.05, 3.63) is 48.3 Å². The number of nitriles is 1. The highest BCUT2D eigenvalue weighted by atomic mass is 32.2. The molecule has 0 bridgehead atoms. The Labute approximate surface area is 123 Å². The van der Waals surface area contributed by atoms with Crippen LogP contribution in [-0.4, -0.2) is 27.6 Å². The summed E-state index contributed by atoms with van der Waals surface area (Å²) in [6.45, 7) is 0. The highest BCUT2D eigenvalue weighted by Crippen LogP contribution is 2.23. The molecule has 0 N–H and O–H groups in total. The predicted octanol–water partition coefficient (Wildman–Crippen LogP) is 1.79. The Morgan fingerprint density at radius 2 is 1.86 bits per heavy atom. The number of pyridine rings is 1. The zero-order valence-electron chi connectivity index (χ0n) is 11.5. The van der Waals surface area contributed by atoms with Crippen LogP contribution in [0.3, 0.4) is 0 Å². The van der Waals surface area contributed by atoms with Gasteiger partial charge in [0.2, 0.25) is 0 Å². The molecule has 0 saturated carbocycles. The normalized spacial score (nSPS) is 10.7. The lowest BCUT2D eigenvalue weighted by molar-refractivity contribution is 0.415. The summed E-state index contributed by atoms with van der Waals surface area (Å²) >= 11 is 0. The third kappa shape index (κ3) is 2.95. The van der Waals surface area contributed by atoms with Crippen LogP contribution < -0.4 is 9.04 Å². The zero-order chi connectivity index (χ0) is 15.5. The maximum atomic E-state index is 12.5. The van der Waals surface area contributed by atoms with Gasteiger partial charge in [-0.1, -0.05) is 0 Å². The van der Waals surface area contributed by atoms with E-state index in [1.807, 2.05) is 6.07 Å². The Bertz CT molecular complexity index is 763. The number of nitrogens with zero attached hydrogens (tertiary/aromatic N) is 3. The molecule has 0 amide bonds. The maximum absolute atomic E-state index is 12.5. The molecule has 6 nitrogen and oxygen atoms in total. The van der Waals surface area contributed by atoms with E-state index >= 15 is 0 Å². The van der Waals surface area contributed by atoms with Crippen LogP contribution in [0.2, 0.25) is 0 Å². The van der Waals surface area contributed by atoms with E-state index in [1.165, 1.54) is 32.5 Å². The van der Waals surface area contributed by atoms with Crippen molar-refractivity contribution in [1.82, 2.24) is 4.98 Å². The quantitative estimate of drug-likeness (QED) is 0.859. The van der Waals surface area contributed by atoms with Gasteiger partial charge in [0.05, 0.1) is 12.8 Å². The van der Waals surface area contributed by atoms with E-state index in [4.69, 9.17) is 10.00 Å². The Balaban J connectivity index is 2.34. The lowest BCUT2D eigenvalue weighted by Gasteiger charge is -2.19. The molecule has 0 radical (unpaired) electrons. The van der Waals surface area contributed by atoms with Crippen molar-refractivity contribution in [2.45, 2.75) is 4.90 Å². The molecule has 0 atom stereocenters. The summed E-state index contributed by atoms with van der Waals surface area (Å²) in [5.41, 5.74) is 0.668. The number of hydrogen-bond acceptors (Lipinski definition) is 5. The zero-order valence-corrected chi connectivity index (χ0v) is 12.3. The van der Waals surface area contributed by atoms with Crippen LogP contribution in [0.5, 0.6) is 5.75 Å². The first-order valence-corrected chi connectivity index (χ1v) is 7.42. The highest BCUT2D eigenvalue weighted by Gasteiger charge is 2.21. The number of sulfonamides is 1. The molecular formula is C14H13N3O3S. The lowest BCUT2D eigenvalue weighted by atomic mass is 10.3. The minimum Gasteiger partial charge on any atom is -0.497 e. The van der Waals surface area contributed by atoms with Crippen LogP contribution in [0.1, 0.15) is 5.69 Å². The van der Waals surface area contributed by atoms with E-state index in [0.29, 0.717) is 11.4 Å². The maximum Gasteiger partial charge on any atom is 0.265 e. The van der Waals surface area contributed by atoms with Gasteiger partial charge in [-0.05, 0) is 36.4 Å². The predicted molar refractivity (Wildman–Crippen MR) is 77.5 cm³/mol. The molecule has 1 aromatic carbocycles. The van der Waals surface area contributed by atoms with Crippen LogP contribution in [0, 0.1) is 11.3 Å². The molecule has 1 heterocycles. The Morgan fingerprint density at radius 3 is 2.33 bits per heavy atom. The van der Waals surface area contributed by atoms with Crippen LogP contribution in [0.15, 0.2) is 47.5 Å². The average Bonchev–Trinajstić information content (AvgIpc) is 2.54. The fourth-order valence-corrected chi connectivity index (χ4v) is 2.83. The number of methoxy groups -OCH3 is 1. The molecule has 7 heteroatoms. The van der Waals surface area contributed by atoms with Gasteiger partial charge >= 0.3 is 0 Å².